The van der Waals surface area contributed by atoms with Crippen LogP contribution in [-0.4, -0.2) is 37.7 Å². The van der Waals surface area contributed by atoms with Gasteiger partial charge in [0.1, 0.15) is 0 Å². The van der Waals surface area contributed by atoms with Crippen LogP contribution in [0.15, 0.2) is 70.4 Å². The molecule has 0 unspecified atom stereocenters. The topological polar surface area (TPSA) is 92.5 Å². The molecule has 0 spiro atoms. The van der Waals surface area contributed by atoms with Gasteiger partial charge in [0.2, 0.25) is 10.0 Å². The minimum atomic E-state index is -3.56. The highest BCUT2D eigenvalue weighted by Gasteiger charge is 2.17. The van der Waals surface area contributed by atoms with Crippen molar-refractivity contribution in [3.63, 3.8) is 0 Å². The lowest BCUT2D eigenvalue weighted by Gasteiger charge is -2.12. The molecule has 1 heterocycles. The molecule has 26 heavy (non-hydrogen) atoms. The Balaban J connectivity index is 1.78. The number of carbonyl (C=O) groups is 1. The molecular formula is C18H17N3O4S. The molecule has 3 rings (SSSR count). The Labute approximate surface area is 151 Å². The van der Waals surface area contributed by atoms with Crippen LogP contribution in [0.2, 0.25) is 0 Å². The third-order valence-corrected chi connectivity index (χ3v) is 5.55. The van der Waals surface area contributed by atoms with Crippen molar-refractivity contribution in [3.05, 3.63) is 66.7 Å². The molecule has 2 aromatic carbocycles. The van der Waals surface area contributed by atoms with E-state index in [1.807, 2.05) is 0 Å². The van der Waals surface area contributed by atoms with Gasteiger partial charge in [0, 0.05) is 30.9 Å². The fourth-order valence-corrected chi connectivity index (χ4v) is 3.24. The molecule has 0 radical (unpaired) electrons. The summed E-state index contributed by atoms with van der Waals surface area (Å²) in [4.78, 5) is 16.4. The molecule has 0 aliphatic carbocycles. The SMILES string of the molecule is CN(C)S(=O)(=O)c1cccc(NC(=O)c2ccc(-c3cnco3)cc2)c1. The lowest BCUT2D eigenvalue weighted by atomic mass is 10.1. The summed E-state index contributed by atoms with van der Waals surface area (Å²) >= 11 is 0. The fourth-order valence-electron chi connectivity index (χ4n) is 2.29. The zero-order valence-electron chi connectivity index (χ0n) is 14.2. The summed E-state index contributed by atoms with van der Waals surface area (Å²) in [7, 11) is -0.655. The fraction of sp³-hybridized carbons (Fsp3) is 0.111. The van der Waals surface area contributed by atoms with Gasteiger partial charge in [-0.2, -0.15) is 0 Å². The first-order valence-corrected chi connectivity index (χ1v) is 9.15. The number of benzene rings is 2. The van der Waals surface area contributed by atoms with Gasteiger partial charge in [0.05, 0.1) is 11.1 Å². The smallest absolute Gasteiger partial charge is 0.255 e. The zero-order valence-corrected chi connectivity index (χ0v) is 15.0. The van der Waals surface area contributed by atoms with E-state index in [1.54, 1.807) is 42.6 Å². The first-order valence-electron chi connectivity index (χ1n) is 7.71. The molecule has 7 nitrogen and oxygen atoms in total. The second-order valence-corrected chi connectivity index (χ2v) is 7.86. The molecule has 1 amide bonds. The van der Waals surface area contributed by atoms with Gasteiger partial charge < -0.3 is 9.73 Å². The highest BCUT2D eigenvalue weighted by atomic mass is 32.2. The molecule has 0 atom stereocenters. The molecule has 0 bridgehead atoms. The van der Waals surface area contributed by atoms with Crippen molar-refractivity contribution < 1.29 is 17.6 Å². The molecule has 134 valence electrons. The van der Waals surface area contributed by atoms with E-state index in [-0.39, 0.29) is 10.8 Å². The number of nitrogens with one attached hydrogen (secondary N) is 1. The minimum Gasteiger partial charge on any atom is -0.444 e. The largest absolute Gasteiger partial charge is 0.444 e. The molecule has 3 aromatic rings. The van der Waals surface area contributed by atoms with E-state index in [0.717, 1.165) is 9.87 Å². The van der Waals surface area contributed by atoms with Crippen molar-refractivity contribution in [2.75, 3.05) is 19.4 Å². The number of rotatable bonds is 5. The van der Waals surface area contributed by atoms with Crippen LogP contribution in [0.1, 0.15) is 10.4 Å². The lowest BCUT2D eigenvalue weighted by molar-refractivity contribution is 0.102. The Morgan fingerprint density at radius 2 is 1.85 bits per heavy atom. The van der Waals surface area contributed by atoms with Gasteiger partial charge in [-0.1, -0.05) is 18.2 Å². The summed E-state index contributed by atoms with van der Waals surface area (Å²) < 4.78 is 30.7. The summed E-state index contributed by atoms with van der Waals surface area (Å²) in [6.45, 7) is 0. The van der Waals surface area contributed by atoms with Crippen LogP contribution >= 0.6 is 0 Å². The van der Waals surface area contributed by atoms with Crippen LogP contribution in [0.25, 0.3) is 11.3 Å². The summed E-state index contributed by atoms with van der Waals surface area (Å²) in [6, 6.07) is 13.0. The summed E-state index contributed by atoms with van der Waals surface area (Å²) in [5.41, 5.74) is 1.64. The molecule has 1 N–H and O–H groups in total. The quantitative estimate of drug-likeness (QED) is 0.744. The lowest BCUT2D eigenvalue weighted by Crippen LogP contribution is -2.22. The minimum absolute atomic E-state index is 0.112. The van der Waals surface area contributed by atoms with Crippen LogP contribution in [0, 0.1) is 0 Å². The summed E-state index contributed by atoms with van der Waals surface area (Å²) in [6.07, 6.45) is 2.93. The van der Waals surface area contributed by atoms with Gasteiger partial charge in [-0.15, -0.1) is 0 Å². The number of aromatic nitrogens is 1. The van der Waals surface area contributed by atoms with Crippen LogP contribution in [0.4, 0.5) is 5.69 Å². The number of hydrogen-bond acceptors (Lipinski definition) is 5. The predicted molar refractivity (Wildman–Crippen MR) is 97.2 cm³/mol. The maximum absolute atomic E-state index is 12.4. The van der Waals surface area contributed by atoms with E-state index in [1.165, 1.54) is 32.6 Å². The first kappa shape index (κ1) is 17.8. The van der Waals surface area contributed by atoms with E-state index in [9.17, 15) is 13.2 Å². The highest BCUT2D eigenvalue weighted by molar-refractivity contribution is 7.89. The monoisotopic (exact) mass is 371 g/mol. The maximum Gasteiger partial charge on any atom is 0.255 e. The molecule has 8 heteroatoms. The van der Waals surface area contributed by atoms with E-state index in [4.69, 9.17) is 4.42 Å². The van der Waals surface area contributed by atoms with Crippen molar-refractivity contribution in [2.24, 2.45) is 0 Å². The maximum atomic E-state index is 12.4. The third kappa shape index (κ3) is 3.66. The van der Waals surface area contributed by atoms with Gasteiger partial charge in [-0.05, 0) is 30.3 Å². The summed E-state index contributed by atoms with van der Waals surface area (Å²) in [5.74, 6) is 0.270. The number of anilines is 1. The summed E-state index contributed by atoms with van der Waals surface area (Å²) in [5, 5.41) is 2.71. The number of hydrogen-bond donors (Lipinski definition) is 1. The van der Waals surface area contributed by atoms with Gasteiger partial charge in [0.25, 0.3) is 5.91 Å². The van der Waals surface area contributed by atoms with Crippen LogP contribution < -0.4 is 5.32 Å². The molecule has 1 aromatic heterocycles. The van der Waals surface area contributed by atoms with Crippen LogP contribution in [-0.2, 0) is 10.0 Å². The van der Waals surface area contributed by atoms with E-state index < -0.39 is 10.0 Å². The number of sulfonamides is 1. The van der Waals surface area contributed by atoms with Gasteiger partial charge >= 0.3 is 0 Å². The number of amides is 1. The van der Waals surface area contributed by atoms with Crippen LogP contribution in [0.5, 0.6) is 0 Å². The standard InChI is InChI=1S/C18H17N3O4S/c1-21(2)26(23,24)16-5-3-4-15(10-16)20-18(22)14-8-6-13(7-9-14)17-11-19-12-25-17/h3-12H,1-2H3,(H,20,22). The van der Waals surface area contributed by atoms with Crippen molar-refractivity contribution in [1.29, 1.82) is 0 Å². The normalized spacial score (nSPS) is 11.5. The van der Waals surface area contributed by atoms with Gasteiger partial charge in [-0.25, -0.2) is 17.7 Å². The average Bonchev–Trinajstić information content (AvgIpc) is 3.16. The second kappa shape index (κ2) is 7.11. The van der Waals surface area contributed by atoms with Crippen molar-refractivity contribution in [2.45, 2.75) is 4.90 Å². The average molecular weight is 371 g/mol. The first-order chi connectivity index (χ1) is 12.4. The van der Waals surface area contributed by atoms with Gasteiger partial charge in [0.15, 0.2) is 12.2 Å². The molecule has 0 saturated carbocycles. The van der Waals surface area contributed by atoms with Crippen molar-refractivity contribution >= 4 is 21.6 Å². The zero-order chi connectivity index (χ0) is 18.7. The Morgan fingerprint density at radius 3 is 2.46 bits per heavy atom. The molecule has 0 saturated heterocycles. The van der Waals surface area contributed by atoms with E-state index in [2.05, 4.69) is 10.3 Å². The molecule has 0 aliphatic heterocycles. The Bertz CT molecular complexity index is 1010. The predicted octanol–water partition coefficient (Wildman–Crippen LogP) is 2.84. The van der Waals surface area contributed by atoms with Crippen molar-refractivity contribution in [3.8, 4) is 11.3 Å². The van der Waals surface area contributed by atoms with Crippen LogP contribution in [0.3, 0.4) is 0 Å². The van der Waals surface area contributed by atoms with Crippen molar-refractivity contribution in [1.82, 2.24) is 9.29 Å². The molecule has 0 fully saturated rings. The number of oxazole rings is 1. The van der Waals surface area contributed by atoms with E-state index >= 15 is 0 Å². The number of carbonyl (C=O) groups excluding carboxylic acids is 1. The van der Waals surface area contributed by atoms with Gasteiger partial charge in [-0.3, -0.25) is 4.79 Å². The Kier molecular flexibility index (Phi) is 4.88. The second-order valence-electron chi connectivity index (χ2n) is 5.71. The Morgan fingerprint density at radius 1 is 1.12 bits per heavy atom. The Hall–Kier alpha value is -2.97. The third-order valence-electron chi connectivity index (χ3n) is 3.73. The number of nitrogens with zero attached hydrogens (tertiary/aromatic N) is 2. The van der Waals surface area contributed by atoms with E-state index in [0.29, 0.717) is 17.0 Å². The molecular weight excluding hydrogens is 354 g/mol. The molecule has 0 aliphatic rings. The highest BCUT2D eigenvalue weighted by Crippen LogP contribution is 2.21.